The van der Waals surface area contributed by atoms with Crippen molar-refractivity contribution in [2.75, 3.05) is 26.2 Å². The maximum atomic E-state index is 12.7. The Kier molecular flexibility index (Phi) is 5.50. The summed E-state index contributed by atoms with van der Waals surface area (Å²) in [6.07, 6.45) is 1.49. The van der Waals surface area contributed by atoms with Gasteiger partial charge in [-0.05, 0) is 43.5 Å². The first-order valence-corrected chi connectivity index (χ1v) is 11.7. The smallest absolute Gasteiger partial charge is 0.264 e. The number of nitrogens with zero attached hydrogens (tertiary/aromatic N) is 2. The summed E-state index contributed by atoms with van der Waals surface area (Å²) in [6.45, 7) is 5.14. The van der Waals surface area contributed by atoms with Crippen molar-refractivity contribution >= 4 is 34.2 Å². The third-order valence-corrected chi connectivity index (χ3v) is 7.43. The first-order chi connectivity index (χ1) is 15.1. The highest BCUT2D eigenvalue weighted by Crippen LogP contribution is 2.48. The lowest BCUT2D eigenvalue weighted by Crippen LogP contribution is -2.46. The summed E-state index contributed by atoms with van der Waals surface area (Å²) in [7, 11) is 0. The number of fused-ring (bicyclic) bond motifs is 1. The molecule has 0 spiro atoms. The van der Waals surface area contributed by atoms with Crippen LogP contribution in [-0.2, 0) is 4.79 Å². The summed E-state index contributed by atoms with van der Waals surface area (Å²) in [4.78, 5) is 37.0. The Labute approximate surface area is 185 Å². The van der Waals surface area contributed by atoms with E-state index in [1.165, 1.54) is 11.3 Å². The van der Waals surface area contributed by atoms with Gasteiger partial charge in [0.25, 0.3) is 5.91 Å². The van der Waals surface area contributed by atoms with Crippen molar-refractivity contribution in [3.63, 3.8) is 0 Å². The quantitative estimate of drug-likeness (QED) is 0.553. The number of imidazole rings is 1. The lowest BCUT2D eigenvalue weighted by atomic mass is 10.2. The molecule has 3 aromatic rings. The number of H-pyrrole nitrogens is 1. The van der Waals surface area contributed by atoms with Gasteiger partial charge in [0.05, 0.1) is 22.0 Å². The second kappa shape index (κ2) is 8.43. The zero-order valence-corrected chi connectivity index (χ0v) is 18.4. The third kappa shape index (κ3) is 4.36. The Morgan fingerprint density at radius 2 is 2.03 bits per heavy atom. The van der Waals surface area contributed by atoms with Gasteiger partial charge in [-0.1, -0.05) is 12.1 Å². The summed E-state index contributed by atoms with van der Waals surface area (Å²) in [5.41, 5.74) is 2.02. The first kappa shape index (κ1) is 20.2. The Hall–Kier alpha value is -2.71. The van der Waals surface area contributed by atoms with Crippen LogP contribution in [0.15, 0.2) is 36.4 Å². The normalized spacial score (nSPS) is 21.8. The predicted octanol–water partition coefficient (Wildman–Crippen LogP) is 3.04. The van der Waals surface area contributed by atoms with Crippen LogP contribution >= 0.6 is 11.3 Å². The molecule has 3 heterocycles. The molecule has 1 saturated carbocycles. The van der Waals surface area contributed by atoms with Gasteiger partial charge in [0.2, 0.25) is 5.91 Å². The lowest BCUT2D eigenvalue weighted by Gasteiger charge is -2.26. The Balaban J connectivity index is 1.14. The van der Waals surface area contributed by atoms with Gasteiger partial charge in [-0.3, -0.25) is 9.59 Å². The Bertz CT molecular complexity index is 1070. The number of benzene rings is 1. The number of nitrogens with one attached hydrogen (secondary N) is 3. The minimum Gasteiger partial charge on any atom is -0.349 e. The van der Waals surface area contributed by atoms with Gasteiger partial charge < -0.3 is 20.5 Å². The van der Waals surface area contributed by atoms with Crippen LogP contribution < -0.4 is 10.6 Å². The average Bonchev–Trinajstić information content (AvgIpc) is 3.18. The van der Waals surface area contributed by atoms with Crippen LogP contribution in [0.3, 0.4) is 0 Å². The van der Waals surface area contributed by atoms with Crippen molar-refractivity contribution < 1.29 is 9.59 Å². The van der Waals surface area contributed by atoms with E-state index in [1.54, 1.807) is 0 Å². The van der Waals surface area contributed by atoms with Crippen molar-refractivity contribution in [3.8, 4) is 0 Å². The summed E-state index contributed by atoms with van der Waals surface area (Å²) < 4.78 is 0. The van der Waals surface area contributed by atoms with Gasteiger partial charge in [0.15, 0.2) is 0 Å². The molecule has 1 saturated heterocycles. The van der Waals surface area contributed by atoms with E-state index in [9.17, 15) is 9.59 Å². The fourth-order valence-electron chi connectivity index (χ4n) is 4.29. The number of aromatic nitrogens is 2. The molecule has 0 unspecified atom stereocenters. The largest absolute Gasteiger partial charge is 0.349 e. The minimum atomic E-state index is -0.106. The van der Waals surface area contributed by atoms with Gasteiger partial charge in [-0.2, -0.15) is 0 Å². The number of hydrogen-bond donors (Lipinski definition) is 3. The number of carbonyl (C=O) groups excluding carboxylic acids is 2. The fraction of sp³-hybridized carbons (Fsp3) is 0.435. The van der Waals surface area contributed by atoms with Crippen LogP contribution in [0.5, 0.6) is 0 Å². The Morgan fingerprint density at radius 3 is 2.84 bits per heavy atom. The van der Waals surface area contributed by atoms with Crippen molar-refractivity contribution in [3.05, 3.63) is 52.0 Å². The molecule has 7 nitrogen and oxygen atoms in total. The molecule has 0 bridgehead atoms. The molecule has 2 amide bonds. The van der Waals surface area contributed by atoms with Crippen LogP contribution in [0.4, 0.5) is 0 Å². The van der Waals surface area contributed by atoms with E-state index in [0.717, 1.165) is 59.2 Å². The maximum absolute atomic E-state index is 12.7. The predicted molar refractivity (Wildman–Crippen MR) is 121 cm³/mol. The third-order valence-electron chi connectivity index (χ3n) is 6.18. The highest BCUT2D eigenvalue weighted by molar-refractivity contribution is 7.14. The summed E-state index contributed by atoms with van der Waals surface area (Å²) in [5.74, 6) is 1.79. The van der Waals surface area contributed by atoms with Gasteiger partial charge in [0, 0.05) is 43.4 Å². The lowest BCUT2D eigenvalue weighted by molar-refractivity contribution is -0.122. The average molecular weight is 438 g/mol. The first-order valence-electron chi connectivity index (χ1n) is 10.9. The molecule has 0 radical (unpaired) electrons. The molecule has 2 aromatic heterocycles. The molecule has 8 heteroatoms. The number of thiophene rings is 1. The van der Waals surface area contributed by atoms with E-state index in [1.807, 2.05) is 48.2 Å². The molecular weight excluding hydrogens is 410 g/mol. The second-order valence-corrected chi connectivity index (χ2v) is 9.59. The van der Waals surface area contributed by atoms with Crippen molar-refractivity contribution in [1.29, 1.82) is 0 Å². The standard InChI is InChI=1S/C23H27N5O2S/c1-14(19-6-7-20(31-19)23(30)28-10-8-24-9-11-28)25-21(29)13-15-12-16(15)22-26-17-4-2-3-5-18(17)27-22/h2-7,14-16,24H,8-13H2,1H3,(H,25,29)(H,26,27)/t14-,15+,16+/m1/s1. The van der Waals surface area contributed by atoms with E-state index >= 15 is 0 Å². The summed E-state index contributed by atoms with van der Waals surface area (Å²) >= 11 is 1.48. The summed E-state index contributed by atoms with van der Waals surface area (Å²) in [6, 6.07) is 11.7. The van der Waals surface area contributed by atoms with E-state index in [0.29, 0.717) is 18.3 Å². The molecule has 3 N–H and O–H groups in total. The number of piperazine rings is 1. The monoisotopic (exact) mass is 437 g/mol. The molecule has 5 rings (SSSR count). The van der Waals surface area contributed by atoms with Gasteiger partial charge in [-0.15, -0.1) is 11.3 Å². The van der Waals surface area contributed by atoms with E-state index in [4.69, 9.17) is 0 Å². The van der Waals surface area contributed by atoms with Gasteiger partial charge >= 0.3 is 0 Å². The van der Waals surface area contributed by atoms with Crippen molar-refractivity contribution in [2.45, 2.75) is 31.7 Å². The number of amides is 2. The topological polar surface area (TPSA) is 90.1 Å². The zero-order valence-electron chi connectivity index (χ0n) is 17.6. The molecule has 2 aliphatic rings. The van der Waals surface area contributed by atoms with Crippen molar-refractivity contribution in [1.82, 2.24) is 25.5 Å². The number of carbonyl (C=O) groups is 2. The SMILES string of the molecule is C[C@@H](NC(=O)C[C@@H]1C[C@@H]1c1nc2ccccc2[nH]1)c1ccc(C(=O)N2CCNCC2)s1. The summed E-state index contributed by atoms with van der Waals surface area (Å²) in [5, 5.41) is 6.37. The molecule has 1 aliphatic carbocycles. The number of para-hydroxylation sites is 2. The number of aromatic amines is 1. The molecule has 3 atom stereocenters. The molecule has 31 heavy (non-hydrogen) atoms. The number of rotatable bonds is 6. The van der Waals surface area contributed by atoms with Crippen molar-refractivity contribution in [2.24, 2.45) is 5.92 Å². The molecule has 1 aliphatic heterocycles. The molecule has 2 fully saturated rings. The van der Waals surface area contributed by atoms with Crippen LogP contribution in [0, 0.1) is 5.92 Å². The Morgan fingerprint density at radius 1 is 1.23 bits per heavy atom. The number of hydrogen-bond acceptors (Lipinski definition) is 5. The highest BCUT2D eigenvalue weighted by Gasteiger charge is 2.42. The maximum Gasteiger partial charge on any atom is 0.264 e. The second-order valence-electron chi connectivity index (χ2n) is 8.48. The molecule has 1 aromatic carbocycles. The van der Waals surface area contributed by atoms with E-state index in [2.05, 4.69) is 20.6 Å². The van der Waals surface area contributed by atoms with E-state index in [-0.39, 0.29) is 17.9 Å². The zero-order chi connectivity index (χ0) is 21.4. The van der Waals surface area contributed by atoms with E-state index < -0.39 is 0 Å². The van der Waals surface area contributed by atoms with Crippen LogP contribution in [0.2, 0.25) is 0 Å². The minimum absolute atomic E-state index is 0.0551. The molecular formula is C23H27N5O2S. The molecule has 162 valence electrons. The van der Waals surface area contributed by atoms with Gasteiger partial charge in [-0.25, -0.2) is 4.98 Å². The van der Waals surface area contributed by atoms with Crippen LogP contribution in [-0.4, -0.2) is 52.9 Å². The highest BCUT2D eigenvalue weighted by atomic mass is 32.1. The fourth-order valence-corrected chi connectivity index (χ4v) is 5.27. The van der Waals surface area contributed by atoms with Crippen LogP contribution in [0.1, 0.15) is 52.1 Å². The van der Waals surface area contributed by atoms with Crippen LogP contribution in [0.25, 0.3) is 11.0 Å². The van der Waals surface area contributed by atoms with Gasteiger partial charge in [0.1, 0.15) is 5.82 Å².